The molecule has 1 saturated heterocycles. The number of nitrogens with one attached hydrogen (secondary N) is 1. The van der Waals surface area contributed by atoms with E-state index in [1.54, 1.807) is 12.1 Å². The van der Waals surface area contributed by atoms with E-state index >= 15 is 0 Å². The number of hydrogen-bond donors (Lipinski definition) is 1. The van der Waals surface area contributed by atoms with Crippen molar-refractivity contribution in [3.05, 3.63) is 28.5 Å². The summed E-state index contributed by atoms with van der Waals surface area (Å²) in [7, 11) is 0. The van der Waals surface area contributed by atoms with Gasteiger partial charge in [-0.25, -0.2) is 4.39 Å². The van der Waals surface area contributed by atoms with Crippen LogP contribution in [0.5, 0.6) is 0 Å². The first-order valence-corrected chi connectivity index (χ1v) is 6.81. The third-order valence-corrected chi connectivity index (χ3v) is 3.56. The van der Waals surface area contributed by atoms with Crippen LogP contribution in [-0.4, -0.2) is 18.6 Å². The number of anilines is 1. The maximum Gasteiger partial charge on any atom is 0.224 e. The molecule has 1 aliphatic rings. The van der Waals surface area contributed by atoms with Gasteiger partial charge in [-0.2, -0.15) is 0 Å². The molecule has 2 rings (SSSR count). The Hall–Kier alpha value is -0.940. The normalized spacial score (nSPS) is 18.9. The summed E-state index contributed by atoms with van der Waals surface area (Å²) in [5, 5.41) is 2.68. The number of hydrogen-bond acceptors (Lipinski definition) is 2. The zero-order chi connectivity index (χ0) is 13.0. The van der Waals surface area contributed by atoms with Crippen molar-refractivity contribution in [3.63, 3.8) is 0 Å². The maximum absolute atomic E-state index is 13.2. The van der Waals surface area contributed by atoms with Crippen LogP contribution >= 0.6 is 15.9 Å². The number of rotatable bonds is 4. The highest BCUT2D eigenvalue weighted by molar-refractivity contribution is 9.10. The molecule has 0 radical (unpaired) electrons. The number of amides is 1. The summed E-state index contributed by atoms with van der Waals surface area (Å²) in [5.74, 6) is -0.487. The summed E-state index contributed by atoms with van der Waals surface area (Å²) < 4.78 is 19.1. The van der Waals surface area contributed by atoms with Crippen molar-refractivity contribution in [1.82, 2.24) is 0 Å². The molecule has 1 N–H and O–H groups in total. The summed E-state index contributed by atoms with van der Waals surface area (Å²) >= 11 is 3.07. The molecule has 1 unspecified atom stereocenters. The molecule has 1 heterocycles. The second-order valence-electron chi connectivity index (χ2n) is 4.35. The first-order valence-electron chi connectivity index (χ1n) is 6.01. The molecule has 1 aromatic carbocycles. The van der Waals surface area contributed by atoms with E-state index in [2.05, 4.69) is 21.2 Å². The SMILES string of the molecule is O=C(CCC1CCCO1)Nc1ccc(Br)c(F)c1. The van der Waals surface area contributed by atoms with Gasteiger partial charge in [0.05, 0.1) is 10.6 Å². The first kappa shape index (κ1) is 13.5. The summed E-state index contributed by atoms with van der Waals surface area (Å²) in [5.41, 5.74) is 0.480. The van der Waals surface area contributed by atoms with Crippen LogP contribution in [0.2, 0.25) is 0 Å². The minimum atomic E-state index is -0.382. The molecule has 1 amide bonds. The fourth-order valence-corrected chi connectivity index (χ4v) is 2.21. The number of carbonyl (C=O) groups excluding carboxylic acids is 1. The van der Waals surface area contributed by atoms with Crippen LogP contribution in [-0.2, 0) is 9.53 Å². The van der Waals surface area contributed by atoms with Crippen LogP contribution in [0.3, 0.4) is 0 Å². The van der Waals surface area contributed by atoms with Gasteiger partial charge in [-0.3, -0.25) is 4.79 Å². The molecule has 0 saturated carbocycles. The Kier molecular flexibility index (Phi) is 4.72. The molecule has 1 aliphatic heterocycles. The standard InChI is InChI=1S/C13H15BrFNO2/c14-11-5-3-9(8-12(11)15)16-13(17)6-4-10-2-1-7-18-10/h3,5,8,10H,1-2,4,6-7H2,(H,16,17). The van der Waals surface area contributed by atoms with Crippen molar-refractivity contribution in [2.24, 2.45) is 0 Å². The van der Waals surface area contributed by atoms with Crippen molar-refractivity contribution in [3.8, 4) is 0 Å². The quantitative estimate of drug-likeness (QED) is 0.923. The molecule has 0 spiro atoms. The van der Waals surface area contributed by atoms with Gasteiger partial charge in [0.2, 0.25) is 5.91 Å². The van der Waals surface area contributed by atoms with Crippen molar-refractivity contribution in [1.29, 1.82) is 0 Å². The van der Waals surface area contributed by atoms with E-state index in [1.165, 1.54) is 6.07 Å². The van der Waals surface area contributed by atoms with E-state index in [-0.39, 0.29) is 17.8 Å². The Bertz CT molecular complexity index is 433. The van der Waals surface area contributed by atoms with Crippen LogP contribution in [0.4, 0.5) is 10.1 Å². The Morgan fingerprint density at radius 3 is 3.06 bits per heavy atom. The molecule has 5 heteroatoms. The monoisotopic (exact) mass is 315 g/mol. The number of ether oxygens (including phenoxy) is 1. The fraction of sp³-hybridized carbons (Fsp3) is 0.462. The molecule has 1 aromatic rings. The van der Waals surface area contributed by atoms with Crippen molar-refractivity contribution < 1.29 is 13.9 Å². The third kappa shape index (κ3) is 3.78. The molecule has 0 bridgehead atoms. The summed E-state index contributed by atoms with van der Waals surface area (Å²) in [4.78, 5) is 11.7. The van der Waals surface area contributed by atoms with Gasteiger partial charge in [-0.1, -0.05) is 0 Å². The average molecular weight is 316 g/mol. The van der Waals surface area contributed by atoms with E-state index in [0.29, 0.717) is 16.6 Å². The lowest BCUT2D eigenvalue weighted by molar-refractivity contribution is -0.116. The zero-order valence-corrected chi connectivity index (χ0v) is 11.5. The number of halogens is 2. The molecule has 0 aliphatic carbocycles. The van der Waals surface area contributed by atoms with E-state index in [9.17, 15) is 9.18 Å². The number of benzene rings is 1. The summed E-state index contributed by atoms with van der Waals surface area (Å²) in [6.45, 7) is 0.796. The van der Waals surface area contributed by atoms with Crippen LogP contribution in [0.1, 0.15) is 25.7 Å². The molecule has 0 aromatic heterocycles. The lowest BCUT2D eigenvalue weighted by atomic mass is 10.1. The predicted molar refractivity (Wildman–Crippen MR) is 70.9 cm³/mol. The summed E-state index contributed by atoms with van der Waals surface area (Å²) in [6, 6.07) is 4.54. The van der Waals surface area contributed by atoms with Gasteiger partial charge in [0.15, 0.2) is 0 Å². The van der Waals surface area contributed by atoms with Gasteiger partial charge in [-0.15, -0.1) is 0 Å². The lowest BCUT2D eigenvalue weighted by Crippen LogP contribution is -2.15. The van der Waals surface area contributed by atoms with Crippen molar-refractivity contribution in [2.45, 2.75) is 31.8 Å². The van der Waals surface area contributed by atoms with Crippen LogP contribution in [0.25, 0.3) is 0 Å². The van der Waals surface area contributed by atoms with Crippen molar-refractivity contribution >= 4 is 27.5 Å². The van der Waals surface area contributed by atoms with Crippen LogP contribution in [0, 0.1) is 5.82 Å². The topological polar surface area (TPSA) is 38.3 Å². The largest absolute Gasteiger partial charge is 0.378 e. The third-order valence-electron chi connectivity index (χ3n) is 2.92. The van der Waals surface area contributed by atoms with E-state index in [1.807, 2.05) is 0 Å². The van der Waals surface area contributed by atoms with Gasteiger partial charge >= 0.3 is 0 Å². The van der Waals surface area contributed by atoms with Crippen molar-refractivity contribution in [2.75, 3.05) is 11.9 Å². The van der Waals surface area contributed by atoms with Gasteiger partial charge in [0, 0.05) is 18.7 Å². The molecular formula is C13H15BrFNO2. The van der Waals surface area contributed by atoms with Crippen LogP contribution in [0.15, 0.2) is 22.7 Å². The van der Waals surface area contributed by atoms with Gasteiger partial charge in [0.25, 0.3) is 0 Å². The molecule has 18 heavy (non-hydrogen) atoms. The Morgan fingerprint density at radius 2 is 2.39 bits per heavy atom. The molecule has 1 atom stereocenters. The predicted octanol–water partition coefficient (Wildman–Crippen LogP) is 3.49. The second-order valence-corrected chi connectivity index (χ2v) is 5.21. The van der Waals surface area contributed by atoms with E-state index < -0.39 is 0 Å². The fourth-order valence-electron chi connectivity index (χ4n) is 1.96. The minimum Gasteiger partial charge on any atom is -0.378 e. The first-order chi connectivity index (χ1) is 8.65. The molecule has 3 nitrogen and oxygen atoms in total. The average Bonchev–Trinajstić information content (AvgIpc) is 2.84. The lowest BCUT2D eigenvalue weighted by Gasteiger charge is -2.09. The van der Waals surface area contributed by atoms with Crippen LogP contribution < -0.4 is 5.32 Å². The molecule has 98 valence electrons. The summed E-state index contributed by atoms with van der Waals surface area (Å²) in [6.07, 6.45) is 3.44. The van der Waals surface area contributed by atoms with Gasteiger partial charge in [-0.05, 0) is 53.4 Å². The number of carbonyl (C=O) groups is 1. The Balaban J connectivity index is 1.80. The maximum atomic E-state index is 13.2. The highest BCUT2D eigenvalue weighted by Crippen LogP contribution is 2.20. The molecular weight excluding hydrogens is 301 g/mol. The minimum absolute atomic E-state index is 0.104. The highest BCUT2D eigenvalue weighted by Gasteiger charge is 2.16. The van der Waals surface area contributed by atoms with Gasteiger partial charge in [0.1, 0.15) is 5.82 Å². The van der Waals surface area contributed by atoms with E-state index in [0.717, 1.165) is 25.9 Å². The van der Waals surface area contributed by atoms with Gasteiger partial charge < -0.3 is 10.1 Å². The van der Waals surface area contributed by atoms with E-state index in [4.69, 9.17) is 4.74 Å². The Morgan fingerprint density at radius 1 is 1.56 bits per heavy atom. The second kappa shape index (κ2) is 6.29. The Labute approximate surface area is 114 Å². The smallest absolute Gasteiger partial charge is 0.224 e. The molecule has 1 fully saturated rings. The highest BCUT2D eigenvalue weighted by atomic mass is 79.9. The zero-order valence-electron chi connectivity index (χ0n) is 9.92.